The van der Waals surface area contributed by atoms with Gasteiger partial charge in [0, 0.05) is 30.6 Å². The molecule has 2 N–H and O–H groups in total. The summed E-state index contributed by atoms with van der Waals surface area (Å²) in [6.07, 6.45) is 3.75. The molecular formula is C32H28F2N4O4. The van der Waals surface area contributed by atoms with E-state index in [1.165, 1.54) is 44.5 Å². The van der Waals surface area contributed by atoms with Crippen molar-refractivity contribution in [1.29, 1.82) is 0 Å². The number of nitrogens with one attached hydrogen (secondary N) is 2. The number of ether oxygens (including phenoxy) is 1. The van der Waals surface area contributed by atoms with E-state index in [4.69, 9.17) is 9.15 Å². The molecule has 1 atom stereocenters. The minimum absolute atomic E-state index is 0.0174. The van der Waals surface area contributed by atoms with Crippen LogP contribution in [0, 0.1) is 18.6 Å². The number of rotatable bonds is 8. The van der Waals surface area contributed by atoms with Gasteiger partial charge in [-0.2, -0.15) is 0 Å². The van der Waals surface area contributed by atoms with E-state index in [1.807, 2.05) is 6.92 Å². The lowest BCUT2D eigenvalue weighted by atomic mass is 9.94. The summed E-state index contributed by atoms with van der Waals surface area (Å²) in [5, 5.41) is 5.45. The molecule has 0 saturated carbocycles. The first kappa shape index (κ1) is 28.4. The molecule has 10 heteroatoms. The number of amides is 2. The van der Waals surface area contributed by atoms with Gasteiger partial charge in [-0.05, 0) is 79.1 Å². The Bertz CT molecular complexity index is 1790. The van der Waals surface area contributed by atoms with Crippen LogP contribution in [-0.2, 0) is 0 Å². The fourth-order valence-electron chi connectivity index (χ4n) is 4.90. The van der Waals surface area contributed by atoms with E-state index < -0.39 is 29.5 Å². The Labute approximate surface area is 240 Å². The molecule has 214 valence electrons. The minimum Gasteiger partial charge on any atom is -0.496 e. The van der Waals surface area contributed by atoms with Crippen molar-refractivity contribution in [3.63, 3.8) is 0 Å². The Morgan fingerprint density at radius 1 is 1.00 bits per heavy atom. The van der Waals surface area contributed by atoms with E-state index in [-0.39, 0.29) is 33.4 Å². The summed E-state index contributed by atoms with van der Waals surface area (Å²) >= 11 is 0. The molecule has 2 aromatic heterocycles. The van der Waals surface area contributed by atoms with Crippen molar-refractivity contribution in [2.45, 2.75) is 26.3 Å². The van der Waals surface area contributed by atoms with Crippen LogP contribution in [-0.4, -0.2) is 35.9 Å². The predicted octanol–water partition coefficient (Wildman–Crippen LogP) is 6.39. The van der Waals surface area contributed by atoms with Gasteiger partial charge in [-0.15, -0.1) is 0 Å². The highest BCUT2D eigenvalue weighted by Crippen LogP contribution is 2.40. The molecule has 0 aliphatic rings. The van der Waals surface area contributed by atoms with Gasteiger partial charge in [-0.1, -0.05) is 6.92 Å². The molecule has 0 saturated heterocycles. The Hall–Kier alpha value is -5.12. The summed E-state index contributed by atoms with van der Waals surface area (Å²) in [7, 11) is 2.88. The molecule has 1 unspecified atom stereocenters. The lowest BCUT2D eigenvalue weighted by Gasteiger charge is -2.18. The van der Waals surface area contributed by atoms with E-state index in [0.29, 0.717) is 34.7 Å². The number of aromatic nitrogens is 2. The van der Waals surface area contributed by atoms with Gasteiger partial charge in [0.05, 0.1) is 29.7 Å². The van der Waals surface area contributed by atoms with Crippen LogP contribution in [0.1, 0.15) is 51.5 Å². The van der Waals surface area contributed by atoms with Gasteiger partial charge in [-0.25, -0.2) is 18.7 Å². The van der Waals surface area contributed by atoms with Crippen LogP contribution in [0.15, 0.2) is 71.4 Å². The molecule has 8 nitrogen and oxygen atoms in total. The number of carbonyl (C=O) groups is 2. The van der Waals surface area contributed by atoms with Crippen molar-refractivity contribution in [3.05, 3.63) is 101 Å². The minimum atomic E-state index is -0.702. The quantitative estimate of drug-likeness (QED) is 0.224. The van der Waals surface area contributed by atoms with E-state index in [9.17, 15) is 14.0 Å². The molecule has 2 amide bonds. The van der Waals surface area contributed by atoms with Crippen molar-refractivity contribution in [2.75, 3.05) is 14.2 Å². The Balaban J connectivity index is 1.64. The van der Waals surface area contributed by atoms with Crippen LogP contribution >= 0.6 is 0 Å². The molecule has 2 heterocycles. The van der Waals surface area contributed by atoms with Gasteiger partial charge in [0.15, 0.2) is 0 Å². The average Bonchev–Trinajstić information content (AvgIpc) is 3.41. The molecule has 0 aliphatic heterocycles. The number of furan rings is 1. The highest BCUT2D eigenvalue weighted by Gasteiger charge is 2.27. The van der Waals surface area contributed by atoms with Crippen molar-refractivity contribution in [2.24, 2.45) is 0 Å². The zero-order valence-electron chi connectivity index (χ0n) is 23.4. The lowest BCUT2D eigenvalue weighted by molar-refractivity contribution is 0.0928. The maximum absolute atomic E-state index is 16.4. The van der Waals surface area contributed by atoms with E-state index in [1.54, 1.807) is 43.6 Å². The summed E-state index contributed by atoms with van der Waals surface area (Å²) in [6, 6.07) is 12.9. The largest absolute Gasteiger partial charge is 0.496 e. The van der Waals surface area contributed by atoms with Gasteiger partial charge in [-0.3, -0.25) is 9.59 Å². The predicted molar refractivity (Wildman–Crippen MR) is 154 cm³/mol. The third-order valence-electron chi connectivity index (χ3n) is 7.05. The molecular weight excluding hydrogens is 542 g/mol. The maximum Gasteiger partial charge on any atom is 0.255 e. The Morgan fingerprint density at radius 2 is 1.71 bits per heavy atom. The molecule has 0 fully saturated rings. The molecule has 5 rings (SSSR count). The van der Waals surface area contributed by atoms with Crippen LogP contribution in [0.25, 0.3) is 33.4 Å². The van der Waals surface area contributed by atoms with Crippen molar-refractivity contribution in [1.82, 2.24) is 20.6 Å². The summed E-state index contributed by atoms with van der Waals surface area (Å²) < 4.78 is 41.5. The topological polar surface area (TPSA) is 106 Å². The summed E-state index contributed by atoms with van der Waals surface area (Å²) in [5.41, 5.74) is 1.97. The lowest BCUT2D eigenvalue weighted by Crippen LogP contribution is -2.29. The Kier molecular flexibility index (Phi) is 7.97. The first-order valence-electron chi connectivity index (χ1n) is 13.3. The van der Waals surface area contributed by atoms with Crippen molar-refractivity contribution < 1.29 is 27.5 Å². The molecule has 0 bridgehead atoms. The fourth-order valence-corrected chi connectivity index (χ4v) is 4.90. The second-order valence-corrected chi connectivity index (χ2v) is 9.60. The number of benzene rings is 3. The van der Waals surface area contributed by atoms with Crippen molar-refractivity contribution >= 4 is 22.8 Å². The highest BCUT2D eigenvalue weighted by molar-refractivity contribution is 6.12. The summed E-state index contributed by atoms with van der Waals surface area (Å²) in [5.74, 6) is -1.28. The zero-order chi connectivity index (χ0) is 30.0. The van der Waals surface area contributed by atoms with Gasteiger partial charge in [0.2, 0.25) is 0 Å². The molecule has 0 spiro atoms. The van der Waals surface area contributed by atoms with E-state index >= 15 is 4.39 Å². The number of hydrogen-bond donors (Lipinski definition) is 2. The fraction of sp³-hybridized carbons (Fsp3) is 0.188. The first-order valence-corrected chi connectivity index (χ1v) is 13.3. The standard InChI is InChI=1S/C32H28F2N4O4/c1-5-23(30-36-13-6-14-37-30)38-31(39)22-16-21(17(2)15-25(22)41-4)20-11-12-24-26(28(20)34)27(32(40)35-3)29(42-24)18-7-9-19(33)10-8-18/h6-16,23H,5H2,1-4H3,(H,35,40)(H,38,39). The van der Waals surface area contributed by atoms with Crippen molar-refractivity contribution in [3.8, 4) is 28.2 Å². The summed E-state index contributed by atoms with van der Waals surface area (Å²) in [6.45, 7) is 3.67. The van der Waals surface area contributed by atoms with Gasteiger partial charge in [0.1, 0.15) is 34.6 Å². The van der Waals surface area contributed by atoms with Gasteiger partial charge in [0.25, 0.3) is 11.8 Å². The van der Waals surface area contributed by atoms with E-state index in [0.717, 1.165) is 0 Å². The monoisotopic (exact) mass is 570 g/mol. The smallest absolute Gasteiger partial charge is 0.255 e. The van der Waals surface area contributed by atoms with Gasteiger partial charge >= 0.3 is 0 Å². The summed E-state index contributed by atoms with van der Waals surface area (Å²) in [4.78, 5) is 35.0. The maximum atomic E-state index is 16.4. The third kappa shape index (κ3) is 5.18. The molecule has 3 aromatic carbocycles. The molecule has 0 radical (unpaired) electrons. The number of halogens is 2. The Morgan fingerprint density at radius 3 is 2.36 bits per heavy atom. The zero-order valence-corrected chi connectivity index (χ0v) is 23.4. The number of fused-ring (bicyclic) bond motifs is 1. The normalized spacial score (nSPS) is 11.8. The number of nitrogens with zero attached hydrogens (tertiary/aromatic N) is 2. The third-order valence-corrected chi connectivity index (χ3v) is 7.05. The SMILES string of the molecule is CCC(NC(=O)c1cc(-c2ccc3oc(-c4ccc(F)cc4)c(C(=O)NC)c3c2F)c(C)cc1OC)c1ncccn1. The second-order valence-electron chi connectivity index (χ2n) is 9.60. The number of hydrogen-bond acceptors (Lipinski definition) is 6. The average molecular weight is 571 g/mol. The number of aryl methyl sites for hydroxylation is 1. The molecule has 42 heavy (non-hydrogen) atoms. The van der Waals surface area contributed by atoms with Crippen LogP contribution in [0.4, 0.5) is 8.78 Å². The number of carbonyl (C=O) groups excluding carboxylic acids is 2. The first-order chi connectivity index (χ1) is 20.3. The molecule has 0 aliphatic carbocycles. The van der Waals surface area contributed by atoms with Crippen LogP contribution in [0.5, 0.6) is 5.75 Å². The molecule has 5 aromatic rings. The number of methoxy groups -OCH3 is 1. The van der Waals surface area contributed by atoms with Gasteiger partial charge < -0.3 is 19.8 Å². The van der Waals surface area contributed by atoms with E-state index in [2.05, 4.69) is 20.6 Å². The second kappa shape index (κ2) is 11.8. The van der Waals surface area contributed by atoms with Crippen LogP contribution < -0.4 is 15.4 Å². The van der Waals surface area contributed by atoms with Crippen LogP contribution in [0.3, 0.4) is 0 Å². The highest BCUT2D eigenvalue weighted by atomic mass is 19.1. The van der Waals surface area contributed by atoms with Crippen LogP contribution in [0.2, 0.25) is 0 Å².